The fourth-order valence-electron chi connectivity index (χ4n) is 1.41. The van der Waals surface area contributed by atoms with E-state index in [1.165, 1.54) is 4.57 Å². The topological polar surface area (TPSA) is 48.3 Å². The zero-order chi connectivity index (χ0) is 9.59. The maximum Gasteiger partial charge on any atom is 0.339 e. The average Bonchev–Trinajstić information content (AvgIpc) is 2.45. The molecule has 0 spiro atoms. The van der Waals surface area contributed by atoms with Crippen LogP contribution in [0.3, 0.4) is 0 Å². The molecular weight excluding hydrogens is 170 g/mol. The van der Waals surface area contributed by atoms with Gasteiger partial charge in [-0.1, -0.05) is 0 Å². The summed E-state index contributed by atoms with van der Waals surface area (Å²) in [5.74, 6) is -0.393. The standard InChI is InChI=1S/C9H9NO3/c1-5-3-6-7(4-13-9(6)12)8(11)10(5)2/h3H,4H2,1-2H3. The van der Waals surface area contributed by atoms with Crippen molar-refractivity contribution in [3.8, 4) is 0 Å². The van der Waals surface area contributed by atoms with Crippen LogP contribution < -0.4 is 5.56 Å². The zero-order valence-electron chi connectivity index (χ0n) is 7.46. The van der Waals surface area contributed by atoms with Crippen LogP contribution >= 0.6 is 0 Å². The summed E-state index contributed by atoms with van der Waals surface area (Å²) >= 11 is 0. The van der Waals surface area contributed by atoms with Crippen LogP contribution in [-0.2, 0) is 18.4 Å². The molecule has 1 aliphatic heterocycles. The predicted molar refractivity (Wildman–Crippen MR) is 45.5 cm³/mol. The molecule has 4 heteroatoms. The monoisotopic (exact) mass is 179 g/mol. The second kappa shape index (κ2) is 2.45. The van der Waals surface area contributed by atoms with Crippen molar-refractivity contribution in [1.29, 1.82) is 0 Å². The van der Waals surface area contributed by atoms with E-state index in [4.69, 9.17) is 4.74 Å². The molecule has 4 nitrogen and oxygen atoms in total. The Labute approximate surface area is 74.8 Å². The number of carbonyl (C=O) groups excluding carboxylic acids is 1. The number of cyclic esters (lactones) is 1. The summed E-state index contributed by atoms with van der Waals surface area (Å²) in [5.41, 5.74) is 1.52. The summed E-state index contributed by atoms with van der Waals surface area (Å²) in [4.78, 5) is 22.7. The van der Waals surface area contributed by atoms with Gasteiger partial charge in [0, 0.05) is 12.7 Å². The van der Waals surface area contributed by atoms with Gasteiger partial charge in [0.15, 0.2) is 0 Å². The van der Waals surface area contributed by atoms with Crippen LogP contribution in [0.5, 0.6) is 0 Å². The number of esters is 1. The van der Waals surface area contributed by atoms with E-state index in [0.717, 1.165) is 5.69 Å². The molecule has 1 aliphatic rings. The number of pyridine rings is 1. The molecule has 0 aromatic carbocycles. The highest BCUT2D eigenvalue weighted by molar-refractivity contribution is 5.93. The number of aryl methyl sites for hydroxylation is 1. The smallest absolute Gasteiger partial charge is 0.339 e. The largest absolute Gasteiger partial charge is 0.457 e. The summed E-state index contributed by atoms with van der Waals surface area (Å²) in [6, 6.07) is 1.69. The molecule has 0 amide bonds. The average molecular weight is 179 g/mol. The molecule has 0 unspecified atom stereocenters. The third-order valence-electron chi connectivity index (χ3n) is 2.34. The Bertz CT molecular complexity index is 445. The molecule has 0 saturated heterocycles. The van der Waals surface area contributed by atoms with Gasteiger partial charge < -0.3 is 9.30 Å². The number of fused-ring (bicyclic) bond motifs is 1. The zero-order valence-corrected chi connectivity index (χ0v) is 7.46. The molecule has 2 rings (SSSR count). The molecule has 0 saturated carbocycles. The molecule has 1 aromatic heterocycles. The molecule has 2 heterocycles. The van der Waals surface area contributed by atoms with E-state index in [-0.39, 0.29) is 12.2 Å². The Balaban J connectivity index is 2.82. The molecule has 0 aliphatic carbocycles. The molecule has 0 atom stereocenters. The van der Waals surface area contributed by atoms with E-state index in [1.807, 2.05) is 0 Å². The summed E-state index contributed by atoms with van der Waals surface area (Å²) < 4.78 is 6.28. The van der Waals surface area contributed by atoms with Gasteiger partial charge in [-0.15, -0.1) is 0 Å². The Hall–Kier alpha value is -1.58. The van der Waals surface area contributed by atoms with Crippen molar-refractivity contribution < 1.29 is 9.53 Å². The van der Waals surface area contributed by atoms with Crippen molar-refractivity contribution in [2.24, 2.45) is 7.05 Å². The number of carbonyl (C=O) groups is 1. The Morgan fingerprint density at radius 3 is 2.85 bits per heavy atom. The van der Waals surface area contributed by atoms with Gasteiger partial charge in [-0.3, -0.25) is 4.79 Å². The maximum absolute atomic E-state index is 11.6. The highest BCUT2D eigenvalue weighted by atomic mass is 16.5. The first-order valence-electron chi connectivity index (χ1n) is 3.98. The highest BCUT2D eigenvalue weighted by Gasteiger charge is 2.25. The number of ether oxygens (including phenoxy) is 1. The third-order valence-corrected chi connectivity index (χ3v) is 2.34. The number of hydrogen-bond acceptors (Lipinski definition) is 3. The van der Waals surface area contributed by atoms with E-state index < -0.39 is 5.97 Å². The van der Waals surface area contributed by atoms with Crippen LogP contribution in [0.15, 0.2) is 10.9 Å². The molecule has 0 fully saturated rings. The van der Waals surface area contributed by atoms with Gasteiger partial charge in [-0.2, -0.15) is 0 Å². The first-order valence-corrected chi connectivity index (χ1v) is 3.98. The van der Waals surface area contributed by atoms with Crippen LogP contribution in [-0.4, -0.2) is 10.5 Å². The fraction of sp³-hybridized carbons (Fsp3) is 0.333. The van der Waals surface area contributed by atoms with Crippen molar-refractivity contribution >= 4 is 5.97 Å². The van der Waals surface area contributed by atoms with Crippen molar-refractivity contribution in [1.82, 2.24) is 4.57 Å². The highest BCUT2D eigenvalue weighted by Crippen LogP contribution is 2.16. The summed E-state index contributed by atoms with van der Waals surface area (Å²) in [6.45, 7) is 1.90. The van der Waals surface area contributed by atoms with E-state index in [0.29, 0.717) is 11.1 Å². The maximum atomic E-state index is 11.6. The second-order valence-electron chi connectivity index (χ2n) is 3.12. The fourth-order valence-corrected chi connectivity index (χ4v) is 1.41. The molecule has 68 valence electrons. The minimum Gasteiger partial charge on any atom is -0.457 e. The van der Waals surface area contributed by atoms with Crippen LogP contribution in [0.2, 0.25) is 0 Å². The first kappa shape index (κ1) is 8.04. The molecule has 0 bridgehead atoms. The number of rotatable bonds is 0. The van der Waals surface area contributed by atoms with Gasteiger partial charge in [-0.05, 0) is 13.0 Å². The second-order valence-corrected chi connectivity index (χ2v) is 3.12. The van der Waals surface area contributed by atoms with Crippen LogP contribution in [0.25, 0.3) is 0 Å². The van der Waals surface area contributed by atoms with Crippen LogP contribution in [0, 0.1) is 6.92 Å². The van der Waals surface area contributed by atoms with E-state index in [1.54, 1.807) is 20.0 Å². The minimum atomic E-state index is -0.393. The molecule has 13 heavy (non-hydrogen) atoms. The van der Waals surface area contributed by atoms with Crippen molar-refractivity contribution in [2.75, 3.05) is 0 Å². The predicted octanol–water partition coefficient (Wildman–Crippen LogP) is 0.364. The van der Waals surface area contributed by atoms with Crippen LogP contribution in [0.1, 0.15) is 21.6 Å². The van der Waals surface area contributed by atoms with Crippen molar-refractivity contribution in [2.45, 2.75) is 13.5 Å². The van der Waals surface area contributed by atoms with Crippen molar-refractivity contribution in [3.63, 3.8) is 0 Å². The number of hydrogen-bond donors (Lipinski definition) is 0. The van der Waals surface area contributed by atoms with Gasteiger partial charge in [0.25, 0.3) is 5.56 Å². The number of aromatic nitrogens is 1. The Kier molecular flexibility index (Phi) is 1.52. The van der Waals surface area contributed by atoms with E-state index in [9.17, 15) is 9.59 Å². The lowest BCUT2D eigenvalue weighted by Gasteiger charge is -2.03. The minimum absolute atomic E-state index is 0.112. The first-order chi connectivity index (χ1) is 6.11. The molecular formula is C9H9NO3. The summed E-state index contributed by atoms with van der Waals surface area (Å²) in [7, 11) is 1.68. The van der Waals surface area contributed by atoms with Gasteiger partial charge >= 0.3 is 5.97 Å². The summed E-state index contributed by atoms with van der Waals surface area (Å²) in [6.07, 6.45) is 0. The SMILES string of the molecule is Cc1cc2c(c(=O)n1C)COC2=O. The lowest BCUT2D eigenvalue weighted by Crippen LogP contribution is -2.23. The normalized spacial score (nSPS) is 14.2. The van der Waals surface area contributed by atoms with Crippen molar-refractivity contribution in [3.05, 3.63) is 33.2 Å². The van der Waals surface area contributed by atoms with Gasteiger partial charge in [0.05, 0.1) is 11.1 Å². The van der Waals surface area contributed by atoms with E-state index >= 15 is 0 Å². The van der Waals surface area contributed by atoms with Crippen LogP contribution in [0.4, 0.5) is 0 Å². The Morgan fingerprint density at radius 2 is 2.15 bits per heavy atom. The summed E-state index contributed by atoms with van der Waals surface area (Å²) in [5, 5.41) is 0. The molecule has 1 aromatic rings. The quantitative estimate of drug-likeness (QED) is 0.540. The molecule has 0 radical (unpaired) electrons. The third kappa shape index (κ3) is 0.983. The van der Waals surface area contributed by atoms with Gasteiger partial charge in [-0.25, -0.2) is 4.79 Å². The lowest BCUT2D eigenvalue weighted by atomic mass is 10.1. The van der Waals surface area contributed by atoms with Gasteiger partial charge in [0.1, 0.15) is 6.61 Å². The van der Waals surface area contributed by atoms with E-state index in [2.05, 4.69) is 0 Å². The van der Waals surface area contributed by atoms with Gasteiger partial charge in [0.2, 0.25) is 0 Å². The Morgan fingerprint density at radius 1 is 1.46 bits per heavy atom. The number of nitrogens with zero attached hydrogens (tertiary/aromatic N) is 1. The lowest BCUT2D eigenvalue weighted by molar-refractivity contribution is 0.0534. The molecule has 0 N–H and O–H groups in total.